The van der Waals surface area contributed by atoms with Crippen LogP contribution < -0.4 is 31.9 Å². The number of benzene rings is 1. The Morgan fingerprint density at radius 3 is 2.22 bits per heavy atom. The highest BCUT2D eigenvalue weighted by atomic mass is 32.1. The van der Waals surface area contributed by atoms with Crippen LogP contribution in [0.5, 0.6) is 0 Å². The maximum atomic E-state index is 14.3. The molecule has 23 nitrogen and oxygen atoms in total. The molecule has 0 radical (unpaired) electrons. The van der Waals surface area contributed by atoms with Gasteiger partial charge in [-0.3, -0.25) is 33.6 Å². The first kappa shape index (κ1) is 57.6. The van der Waals surface area contributed by atoms with Crippen molar-refractivity contribution in [1.29, 1.82) is 0 Å². The third-order valence-electron chi connectivity index (χ3n) is 13.4. The summed E-state index contributed by atoms with van der Waals surface area (Å²) in [6.45, 7) is 4.94. The zero-order chi connectivity index (χ0) is 57.9. The van der Waals surface area contributed by atoms with Crippen LogP contribution in [-0.4, -0.2) is 107 Å². The number of carbonyl (C=O) groups is 7. The molecule has 0 saturated heterocycles. The number of aryl methyl sites for hydroxylation is 1. The molecule has 8 heterocycles. The Hall–Kier alpha value is -7.64. The number of aliphatic hydroxyl groups is 1. The number of fused-ring (bicyclic) bond motifs is 14. The van der Waals surface area contributed by atoms with Gasteiger partial charge in [-0.1, -0.05) is 44.2 Å². The number of carboxylic acids is 1. The lowest BCUT2D eigenvalue weighted by Gasteiger charge is -2.31. The standard InChI is InChI=1S/C53H51N13O10S6/c1-22(2)37-52-66-40(33(82-52)18-76-5)45(72)55-17-36(68)63-41(42(69)24-9-7-6-8-10-24)51-60-31(20-78-51)48-56-16-32(81-48)39-27(13-14-28(57-39)49-62-34(21-79-49)61-43(70)25-11-12-26(25)53(74)75)47-59-30(19-77-47)44(71)58-29(15-35(67)54-4)50-65-38(23(3)80-50)46(73)64-37/h6-10,13-14,16,19-22,25-26,29,37,41-42,69H,11-12,15,17-18H2,1-5H3,(H,54,67)(H,55,72)(H,58,71)(H,61,70)(H,63,68)(H,64,73)(H,74,75)/t25?,26-,29+,37+,41+,42+/m1/s1. The molecule has 0 spiro atoms. The molecule has 1 aliphatic carbocycles. The van der Waals surface area contributed by atoms with E-state index in [0.717, 1.165) is 11.3 Å². The van der Waals surface area contributed by atoms with E-state index in [-0.39, 0.29) is 46.9 Å². The van der Waals surface area contributed by atoms with Crippen LogP contribution in [-0.2, 0) is 30.5 Å². The molecule has 1 unspecified atom stereocenters. The number of pyridine rings is 1. The van der Waals surface area contributed by atoms with Gasteiger partial charge in [0.25, 0.3) is 17.7 Å². The van der Waals surface area contributed by atoms with E-state index in [0.29, 0.717) is 80.7 Å². The van der Waals surface area contributed by atoms with Crippen LogP contribution in [0.15, 0.2) is 64.8 Å². The molecule has 424 valence electrons. The Balaban J connectivity index is 1.04. The van der Waals surface area contributed by atoms with Gasteiger partial charge in [0.1, 0.15) is 70.8 Å². The van der Waals surface area contributed by atoms with Crippen LogP contribution >= 0.6 is 68.0 Å². The SMILES string of the molecule is CNC(=O)C[C@@H]1NC(=O)c2csc(n2)-c2ccc(-c3nc(NC(=O)C4CC[C@H]4C(=O)O)cs3)nc2-c2cnc(s2)-c2csc(n2)[C@H]([C@@H](O)c2ccccc2)NC(=O)CNC(=O)c2nc(sc2COC)[C@H](C(C)C)NC(=O)c2nc1sc2C. The van der Waals surface area contributed by atoms with Crippen molar-refractivity contribution < 1.29 is 48.5 Å². The highest BCUT2D eigenvalue weighted by Gasteiger charge is 2.42. The third kappa shape index (κ3) is 12.4. The number of nitrogens with zero attached hydrogens (tertiary/aromatic N) is 7. The van der Waals surface area contributed by atoms with Gasteiger partial charge in [0.2, 0.25) is 17.7 Å². The Morgan fingerprint density at radius 2 is 1.49 bits per heavy atom. The third-order valence-corrected chi connectivity index (χ3v) is 19.3. The minimum Gasteiger partial charge on any atom is -0.481 e. The minimum atomic E-state index is -1.28. The summed E-state index contributed by atoms with van der Waals surface area (Å²) >= 11 is 7.11. The summed E-state index contributed by atoms with van der Waals surface area (Å²) in [7, 11) is 2.93. The van der Waals surface area contributed by atoms with Crippen LogP contribution in [0.25, 0.3) is 42.5 Å². The van der Waals surface area contributed by atoms with Gasteiger partial charge in [0, 0.05) is 46.9 Å². The number of ether oxygens (including phenoxy) is 1. The fourth-order valence-corrected chi connectivity index (χ4v) is 14.6. The van der Waals surface area contributed by atoms with Crippen molar-refractivity contribution in [2.45, 2.75) is 70.9 Å². The van der Waals surface area contributed by atoms with Crippen molar-refractivity contribution in [3.8, 4) is 42.5 Å². The first-order chi connectivity index (χ1) is 39.5. The summed E-state index contributed by atoms with van der Waals surface area (Å²) in [4.78, 5) is 129. The first-order valence-corrected chi connectivity index (χ1v) is 30.5. The number of anilines is 1. The molecule has 1 aromatic carbocycles. The maximum Gasteiger partial charge on any atom is 0.307 e. The summed E-state index contributed by atoms with van der Waals surface area (Å²) in [5.74, 6) is -5.81. The smallest absolute Gasteiger partial charge is 0.307 e. The van der Waals surface area contributed by atoms with Gasteiger partial charge < -0.3 is 46.9 Å². The van der Waals surface area contributed by atoms with Gasteiger partial charge in [0.15, 0.2) is 0 Å². The van der Waals surface area contributed by atoms with Gasteiger partial charge in [-0.2, -0.15) is 0 Å². The van der Waals surface area contributed by atoms with E-state index < -0.39 is 84.0 Å². The number of nitrogens with one attached hydrogen (secondary N) is 6. The average Bonchev–Trinajstić information content (AvgIpc) is 4.45. The van der Waals surface area contributed by atoms with Crippen molar-refractivity contribution in [3.05, 3.63) is 112 Å². The predicted molar refractivity (Wildman–Crippen MR) is 309 cm³/mol. The van der Waals surface area contributed by atoms with E-state index >= 15 is 0 Å². The molecule has 1 fully saturated rings. The lowest BCUT2D eigenvalue weighted by atomic mass is 9.73. The van der Waals surface area contributed by atoms with E-state index in [4.69, 9.17) is 24.7 Å². The Bertz CT molecular complexity index is 3740. The maximum absolute atomic E-state index is 14.3. The van der Waals surface area contributed by atoms with Gasteiger partial charge >= 0.3 is 5.97 Å². The normalized spacial score (nSPS) is 19.0. The van der Waals surface area contributed by atoms with E-state index in [2.05, 4.69) is 46.9 Å². The molecule has 8 aromatic rings. The molecule has 1 aliphatic heterocycles. The number of methoxy groups -OCH3 is 1. The number of hydrogen-bond donors (Lipinski definition) is 8. The summed E-state index contributed by atoms with van der Waals surface area (Å²) < 4.78 is 5.44. The second-order valence-electron chi connectivity index (χ2n) is 19.3. The summed E-state index contributed by atoms with van der Waals surface area (Å²) in [5, 5.41) is 45.5. The lowest BCUT2D eigenvalue weighted by molar-refractivity contribution is -0.151. The second-order valence-corrected chi connectivity index (χ2v) is 25.3. The van der Waals surface area contributed by atoms with Crippen molar-refractivity contribution >= 4 is 115 Å². The van der Waals surface area contributed by atoms with Crippen molar-refractivity contribution in [2.24, 2.45) is 17.8 Å². The number of amides is 6. The first-order valence-electron chi connectivity index (χ1n) is 25.4. The lowest BCUT2D eigenvalue weighted by Crippen LogP contribution is -2.41. The molecule has 29 heteroatoms. The second kappa shape index (κ2) is 24.8. The number of carboxylic acid groups (broad SMARTS) is 1. The molecule has 6 amide bonds. The fourth-order valence-electron chi connectivity index (χ4n) is 8.96. The molecule has 10 rings (SSSR count). The monoisotopic (exact) mass is 1220 g/mol. The van der Waals surface area contributed by atoms with Crippen LogP contribution in [0.2, 0.25) is 0 Å². The number of rotatable bonds is 11. The summed E-state index contributed by atoms with van der Waals surface area (Å²) in [6.07, 6.45) is 0.974. The number of aliphatic carboxylic acids is 1. The van der Waals surface area contributed by atoms with Crippen molar-refractivity contribution in [1.82, 2.24) is 61.5 Å². The molecule has 2 aliphatic rings. The number of hydrogen-bond acceptors (Lipinski definition) is 22. The number of thiazole rings is 6. The molecule has 10 bridgehead atoms. The molecule has 1 saturated carbocycles. The van der Waals surface area contributed by atoms with Gasteiger partial charge in [-0.25, -0.2) is 34.9 Å². The van der Waals surface area contributed by atoms with E-state index in [1.807, 2.05) is 13.8 Å². The summed E-state index contributed by atoms with van der Waals surface area (Å²) in [6, 6.07) is 9.44. The van der Waals surface area contributed by atoms with Crippen LogP contribution in [0.3, 0.4) is 0 Å². The number of aromatic nitrogens is 7. The van der Waals surface area contributed by atoms with Crippen LogP contribution in [0.4, 0.5) is 5.82 Å². The van der Waals surface area contributed by atoms with E-state index in [9.17, 15) is 43.8 Å². The van der Waals surface area contributed by atoms with Crippen molar-refractivity contribution in [3.63, 3.8) is 0 Å². The molecular formula is C53H51N13O10S6. The average molecular weight is 1220 g/mol. The van der Waals surface area contributed by atoms with Gasteiger partial charge in [-0.05, 0) is 43.4 Å². The quantitative estimate of drug-likeness (QED) is 0.0627. The van der Waals surface area contributed by atoms with Crippen LogP contribution in [0, 0.1) is 24.7 Å². The van der Waals surface area contributed by atoms with Gasteiger partial charge in [-0.15, -0.1) is 68.0 Å². The molecule has 7 aromatic heterocycles. The predicted octanol–water partition coefficient (Wildman–Crippen LogP) is 7.36. The van der Waals surface area contributed by atoms with E-state index in [1.165, 1.54) is 70.8 Å². The van der Waals surface area contributed by atoms with Crippen LogP contribution in [0.1, 0.15) is 119 Å². The Kier molecular flexibility index (Phi) is 17.4. The topological polar surface area (TPSA) is 332 Å². The number of aliphatic hydroxyl groups excluding tert-OH is 1. The molecule has 6 atom stereocenters. The van der Waals surface area contributed by atoms with Gasteiger partial charge in [0.05, 0.1) is 64.6 Å². The Morgan fingerprint density at radius 1 is 0.732 bits per heavy atom. The largest absolute Gasteiger partial charge is 0.481 e. The zero-order valence-electron chi connectivity index (χ0n) is 44.2. The number of carbonyl (C=O) groups excluding carboxylic acids is 6. The minimum absolute atomic E-state index is 0.00117. The molecular weight excluding hydrogens is 1170 g/mol. The summed E-state index contributed by atoms with van der Waals surface area (Å²) in [5.41, 5.74) is 2.31. The Labute approximate surface area is 491 Å². The van der Waals surface area contributed by atoms with Crippen molar-refractivity contribution in [2.75, 3.05) is 26.0 Å². The molecule has 8 N–H and O–H groups in total. The highest BCUT2D eigenvalue weighted by Crippen LogP contribution is 2.42. The molecule has 82 heavy (non-hydrogen) atoms. The zero-order valence-corrected chi connectivity index (χ0v) is 49.1. The fraction of sp³-hybridized carbons (Fsp3) is 0.321. The highest BCUT2D eigenvalue weighted by molar-refractivity contribution is 7.19. The van der Waals surface area contributed by atoms with E-state index in [1.54, 1.807) is 71.7 Å².